The van der Waals surface area contributed by atoms with Gasteiger partial charge in [0.15, 0.2) is 5.76 Å². The van der Waals surface area contributed by atoms with Gasteiger partial charge in [-0.2, -0.15) is 0 Å². The number of aromatic nitrogens is 2. The minimum absolute atomic E-state index is 0.140. The molecule has 88 valence electrons. The van der Waals surface area contributed by atoms with Crippen molar-refractivity contribution in [3.8, 4) is 0 Å². The molecule has 0 bridgehead atoms. The maximum atomic E-state index is 11.7. The monoisotopic (exact) mass is 238 g/mol. The van der Waals surface area contributed by atoms with Gasteiger partial charge in [0.2, 0.25) is 0 Å². The summed E-state index contributed by atoms with van der Waals surface area (Å²) in [5.41, 5.74) is 0.450. The second-order valence-corrected chi connectivity index (χ2v) is 3.26. The van der Waals surface area contributed by atoms with E-state index in [4.69, 9.17) is 10.1 Å². The van der Waals surface area contributed by atoms with Gasteiger partial charge in [-0.25, -0.2) is 15.6 Å². The fraction of sp³-hybridized carbons (Fsp3) is 0. The molecule has 0 aliphatic heterocycles. The van der Waals surface area contributed by atoms with Gasteiger partial charge >= 0.3 is 5.97 Å². The molecule has 0 radical (unpaired) electrons. The minimum atomic E-state index is -0.683. The van der Waals surface area contributed by atoms with Crippen LogP contribution in [0.1, 0.15) is 16.2 Å². The number of carbonyl (C=O) groups is 1. The average molecular weight is 238 g/mol. The molecule has 5 nitrogen and oxygen atoms in total. The van der Waals surface area contributed by atoms with Gasteiger partial charge in [0.25, 0.3) is 0 Å². The lowest BCUT2D eigenvalue weighted by atomic mass is 10.3. The lowest BCUT2D eigenvalue weighted by molar-refractivity contribution is 0.0687. The van der Waals surface area contributed by atoms with Crippen LogP contribution in [-0.2, 0) is 4.74 Å². The molecule has 0 fully saturated rings. The number of ether oxygens (including phenoxy) is 1. The Bertz CT molecular complexity index is 590. The molecule has 0 aromatic carbocycles. The Balaban J connectivity index is 2.19. The van der Waals surface area contributed by atoms with Crippen molar-refractivity contribution in [1.82, 2.24) is 9.97 Å². The molecular weight excluding hydrogens is 230 g/mol. The summed E-state index contributed by atoms with van der Waals surface area (Å²) >= 11 is 0. The molecule has 2 aromatic rings. The van der Waals surface area contributed by atoms with E-state index in [1.165, 1.54) is 18.5 Å². The fourth-order valence-electron chi connectivity index (χ4n) is 1.26. The molecule has 18 heavy (non-hydrogen) atoms. The molecule has 2 aromatic heterocycles. The second kappa shape index (κ2) is 5.52. The van der Waals surface area contributed by atoms with Gasteiger partial charge in [0.05, 0.1) is 0 Å². The van der Waals surface area contributed by atoms with Crippen LogP contribution in [-0.4, -0.2) is 21.8 Å². The Morgan fingerprint density at radius 3 is 2.17 bits per heavy atom. The first-order valence-corrected chi connectivity index (χ1v) is 5.13. The third-order valence-corrected chi connectivity index (χ3v) is 2.07. The standard InChI is InChI=1S/C13H8N3O2/c14-9-12(10-5-1-3-7-15-10)18-13(17)11-6-2-4-8-16-11/h1-8H/q-1. The largest absolute Gasteiger partial charge is 0.760 e. The van der Waals surface area contributed by atoms with Crippen molar-refractivity contribution in [2.24, 2.45) is 0 Å². The SMILES string of the molecule is [N-]=C=C(OC(=O)c1ccccn1)c1ccccn1. The van der Waals surface area contributed by atoms with E-state index in [-0.39, 0.29) is 11.5 Å². The number of nitrogens with zero attached hydrogens (tertiary/aromatic N) is 3. The van der Waals surface area contributed by atoms with Gasteiger partial charge in [0, 0.05) is 12.4 Å². The molecule has 2 heterocycles. The predicted molar refractivity (Wildman–Crippen MR) is 65.7 cm³/mol. The molecule has 0 aliphatic rings. The summed E-state index contributed by atoms with van der Waals surface area (Å²) in [5.74, 6) is 0.973. The van der Waals surface area contributed by atoms with E-state index < -0.39 is 5.97 Å². The molecule has 0 atom stereocenters. The van der Waals surface area contributed by atoms with Crippen molar-refractivity contribution < 1.29 is 9.53 Å². The number of hydrogen-bond acceptors (Lipinski definition) is 4. The molecule has 0 spiro atoms. The van der Waals surface area contributed by atoms with Crippen molar-refractivity contribution in [2.75, 3.05) is 0 Å². The van der Waals surface area contributed by atoms with Gasteiger partial charge in [-0.15, -0.1) is 0 Å². The van der Waals surface area contributed by atoms with Gasteiger partial charge in [-0.1, -0.05) is 12.1 Å². The van der Waals surface area contributed by atoms with Crippen LogP contribution in [0.2, 0.25) is 0 Å². The highest BCUT2D eigenvalue weighted by Gasteiger charge is 2.12. The van der Waals surface area contributed by atoms with Crippen molar-refractivity contribution >= 4 is 17.6 Å². The first-order chi connectivity index (χ1) is 8.81. The zero-order valence-corrected chi connectivity index (χ0v) is 9.28. The van der Waals surface area contributed by atoms with Crippen molar-refractivity contribution in [2.45, 2.75) is 0 Å². The molecule has 2 rings (SSSR count). The maximum absolute atomic E-state index is 11.7. The van der Waals surface area contributed by atoms with Gasteiger partial charge in [-0.05, 0) is 24.3 Å². The highest BCUT2D eigenvalue weighted by molar-refractivity contribution is 5.96. The van der Waals surface area contributed by atoms with E-state index in [9.17, 15) is 4.79 Å². The van der Waals surface area contributed by atoms with Crippen LogP contribution in [0.3, 0.4) is 0 Å². The first-order valence-electron chi connectivity index (χ1n) is 5.13. The van der Waals surface area contributed by atoms with E-state index in [0.29, 0.717) is 5.69 Å². The van der Waals surface area contributed by atoms with E-state index in [2.05, 4.69) is 9.97 Å². The van der Waals surface area contributed by atoms with Crippen molar-refractivity contribution in [1.29, 1.82) is 0 Å². The Labute approximate surface area is 103 Å². The third-order valence-electron chi connectivity index (χ3n) is 2.07. The normalized spacial score (nSPS) is 9.33. The second-order valence-electron chi connectivity index (χ2n) is 3.26. The van der Waals surface area contributed by atoms with Crippen LogP contribution < -0.4 is 0 Å². The van der Waals surface area contributed by atoms with Gasteiger partial charge in [-0.3, -0.25) is 4.98 Å². The zero-order valence-electron chi connectivity index (χ0n) is 9.28. The number of esters is 1. The Hall–Kier alpha value is -2.78. The number of rotatable bonds is 3. The minimum Gasteiger partial charge on any atom is -0.760 e. The molecule has 0 N–H and O–H groups in total. The van der Waals surface area contributed by atoms with Crippen LogP contribution in [0.5, 0.6) is 0 Å². The average Bonchev–Trinajstić information content (AvgIpc) is 2.46. The molecule has 0 aliphatic carbocycles. The molecule has 0 saturated heterocycles. The van der Waals surface area contributed by atoms with E-state index in [1.54, 1.807) is 36.2 Å². The molecule has 0 amide bonds. The highest BCUT2D eigenvalue weighted by atomic mass is 16.5. The van der Waals surface area contributed by atoms with Crippen LogP contribution >= 0.6 is 0 Å². The first kappa shape index (κ1) is 11.7. The van der Waals surface area contributed by atoms with Crippen LogP contribution in [0.4, 0.5) is 0 Å². The van der Waals surface area contributed by atoms with Gasteiger partial charge in [0.1, 0.15) is 11.4 Å². The van der Waals surface area contributed by atoms with Crippen molar-refractivity contribution in [3.05, 3.63) is 65.6 Å². The molecule has 5 heteroatoms. The van der Waals surface area contributed by atoms with Crippen LogP contribution in [0.25, 0.3) is 11.2 Å². The lowest BCUT2D eigenvalue weighted by Crippen LogP contribution is -2.07. The summed E-state index contributed by atoms with van der Waals surface area (Å²) in [6.45, 7) is 0. The summed E-state index contributed by atoms with van der Waals surface area (Å²) < 4.78 is 4.96. The molecule has 0 unspecified atom stereocenters. The topological polar surface area (TPSA) is 74.4 Å². The number of hydrogen-bond donors (Lipinski definition) is 0. The van der Waals surface area contributed by atoms with Gasteiger partial charge < -0.3 is 10.1 Å². The van der Waals surface area contributed by atoms with Crippen molar-refractivity contribution in [3.63, 3.8) is 0 Å². The molecular formula is C13H8N3O2-. The summed E-state index contributed by atoms with van der Waals surface area (Å²) in [7, 11) is 0. The Kier molecular flexibility index (Phi) is 3.59. The quantitative estimate of drug-likeness (QED) is 0.465. The number of carbonyl (C=O) groups excluding carboxylic acids is 1. The van der Waals surface area contributed by atoms with Crippen LogP contribution in [0.15, 0.2) is 48.8 Å². The van der Waals surface area contributed by atoms with E-state index >= 15 is 0 Å². The smallest absolute Gasteiger partial charge is 0.362 e. The summed E-state index contributed by atoms with van der Waals surface area (Å²) in [6.07, 6.45) is 2.99. The number of pyridine rings is 2. The Morgan fingerprint density at radius 1 is 1.06 bits per heavy atom. The fourth-order valence-corrected chi connectivity index (χ4v) is 1.26. The summed E-state index contributed by atoms with van der Waals surface area (Å²) in [4.78, 5) is 19.5. The third kappa shape index (κ3) is 2.66. The summed E-state index contributed by atoms with van der Waals surface area (Å²) in [6, 6.07) is 9.86. The maximum Gasteiger partial charge on any atom is 0.362 e. The predicted octanol–water partition coefficient (Wildman–Crippen LogP) is 1.91. The summed E-state index contributed by atoms with van der Waals surface area (Å²) in [5, 5.41) is 8.95. The zero-order chi connectivity index (χ0) is 12.8. The van der Waals surface area contributed by atoms with Crippen LogP contribution in [0, 0.1) is 0 Å². The van der Waals surface area contributed by atoms with E-state index in [0.717, 1.165) is 0 Å². The van der Waals surface area contributed by atoms with E-state index in [1.807, 2.05) is 0 Å². The Morgan fingerprint density at radius 2 is 1.67 bits per heavy atom. The highest BCUT2D eigenvalue weighted by Crippen LogP contribution is 2.11. The lowest BCUT2D eigenvalue weighted by Gasteiger charge is -2.06. The molecule has 0 saturated carbocycles.